The van der Waals surface area contributed by atoms with E-state index in [0.717, 1.165) is 5.32 Å². The molecule has 0 aliphatic carbocycles. The van der Waals surface area contributed by atoms with Gasteiger partial charge in [0.05, 0.1) is 0 Å². The van der Waals surface area contributed by atoms with Crippen LogP contribution in [0.3, 0.4) is 0 Å². The summed E-state index contributed by atoms with van der Waals surface area (Å²) in [5, 5.41) is 0.841. The lowest BCUT2D eigenvalue weighted by Gasteiger charge is -2.40. The first kappa shape index (κ1) is 31.2. The molecule has 0 unspecified atom stereocenters. The lowest BCUT2D eigenvalue weighted by molar-refractivity contribution is -0.548. The van der Waals surface area contributed by atoms with Crippen molar-refractivity contribution in [1.82, 2.24) is 5.32 Å². The van der Waals surface area contributed by atoms with Crippen LogP contribution in [0.25, 0.3) is 0 Å². The van der Waals surface area contributed by atoms with Gasteiger partial charge in [-0.2, -0.15) is 74.6 Å². The van der Waals surface area contributed by atoms with Crippen LogP contribution in [0.15, 0.2) is 0 Å². The average Bonchev–Trinajstić information content (AvgIpc) is 2.49. The summed E-state index contributed by atoms with van der Waals surface area (Å²) in [5.41, 5.74) is 0. The zero-order valence-electron chi connectivity index (χ0n) is 15.2. The molecule has 0 aromatic heterocycles. The molecule has 0 bridgehead atoms. The van der Waals surface area contributed by atoms with E-state index in [-0.39, 0.29) is 0 Å². The number of carbonyl (C=O) groups excluding carboxylic acids is 1. The van der Waals surface area contributed by atoms with Crippen LogP contribution in [0.2, 0.25) is 0 Å². The average molecular weight is 537 g/mol. The minimum absolute atomic E-state index is 0.713. The molecule has 21 heteroatoms. The molecule has 0 fully saturated rings. The molecule has 1 amide bonds. The van der Waals surface area contributed by atoms with E-state index in [1.165, 1.54) is 4.74 Å². The molecule has 33 heavy (non-hydrogen) atoms. The Morgan fingerprint density at radius 3 is 1.27 bits per heavy atom. The van der Waals surface area contributed by atoms with Crippen molar-refractivity contribution in [2.45, 2.75) is 68.3 Å². The number of alkyl halides is 17. The monoisotopic (exact) mass is 537 g/mol. The Balaban J connectivity index is 6.73. The summed E-state index contributed by atoms with van der Waals surface area (Å²) in [7, 11) is 0. The fraction of sp³-hybridized carbons (Fsp3) is 0.917. The molecule has 198 valence electrons. The molecule has 2 atom stereocenters. The van der Waals surface area contributed by atoms with Crippen LogP contribution in [0.1, 0.15) is 13.8 Å². The Hall–Kier alpha value is -1.80. The Bertz CT molecular complexity index is 712. The molecule has 0 aromatic carbocycles. The van der Waals surface area contributed by atoms with E-state index in [9.17, 15) is 79.4 Å². The standard InChI is InChI=1S/C12H8F17NO3/c1-3(2)30-4(31)5(13,8(17,18)19)32-12(28,29)7(16,10(23,24)25)33-11(26,27)6(14,15)9(20,21)22/h3H,1-2H3,(H,30,31)/t5-,7+/m1/s1. The fourth-order valence-corrected chi connectivity index (χ4v) is 1.52. The molecule has 0 saturated heterocycles. The number of halogens is 17. The molecule has 0 spiro atoms. The zero-order chi connectivity index (χ0) is 27.3. The van der Waals surface area contributed by atoms with E-state index >= 15 is 0 Å². The number of rotatable bonds is 8. The maximum absolute atomic E-state index is 14.0. The van der Waals surface area contributed by atoms with Crippen LogP contribution in [-0.2, 0) is 14.3 Å². The van der Waals surface area contributed by atoms with Crippen LogP contribution in [0.5, 0.6) is 0 Å². The van der Waals surface area contributed by atoms with E-state index in [2.05, 4.69) is 0 Å². The summed E-state index contributed by atoms with van der Waals surface area (Å²) in [6, 6.07) is -1.61. The second kappa shape index (κ2) is 8.45. The minimum Gasteiger partial charge on any atom is -0.349 e. The van der Waals surface area contributed by atoms with Gasteiger partial charge in [-0.1, -0.05) is 0 Å². The van der Waals surface area contributed by atoms with Gasteiger partial charge in [0.25, 0.3) is 5.91 Å². The first-order chi connectivity index (χ1) is 14.0. The van der Waals surface area contributed by atoms with E-state index in [1.807, 2.05) is 4.74 Å². The van der Waals surface area contributed by atoms with Crippen molar-refractivity contribution < 1.29 is 88.9 Å². The Morgan fingerprint density at radius 1 is 0.606 bits per heavy atom. The summed E-state index contributed by atoms with van der Waals surface area (Å²) in [6.07, 6.45) is -38.4. The fourth-order valence-electron chi connectivity index (χ4n) is 1.52. The molecule has 0 radical (unpaired) electrons. The van der Waals surface area contributed by atoms with Crippen LogP contribution in [-0.4, -0.2) is 60.3 Å². The number of amides is 1. The minimum atomic E-state index is -8.01. The molecular weight excluding hydrogens is 529 g/mol. The third kappa shape index (κ3) is 5.65. The van der Waals surface area contributed by atoms with Crippen molar-refractivity contribution in [2.24, 2.45) is 0 Å². The molecule has 0 aliphatic heterocycles. The van der Waals surface area contributed by atoms with Gasteiger partial charge in [0, 0.05) is 6.04 Å². The number of carbonyl (C=O) groups is 1. The van der Waals surface area contributed by atoms with Crippen molar-refractivity contribution in [3.05, 3.63) is 0 Å². The van der Waals surface area contributed by atoms with Crippen molar-refractivity contribution in [3.8, 4) is 0 Å². The molecule has 0 aromatic rings. The molecule has 0 saturated carbocycles. The highest BCUT2D eigenvalue weighted by Crippen LogP contribution is 2.56. The third-order valence-corrected chi connectivity index (χ3v) is 3.07. The highest BCUT2D eigenvalue weighted by molar-refractivity contribution is 5.84. The SMILES string of the molecule is CC(C)NC(=O)[C@@](F)(OC(F)(F)[C@@](F)(OC(F)(F)C(F)(F)C(F)(F)F)C(F)(F)F)C(F)(F)F. The topological polar surface area (TPSA) is 47.6 Å². The second-order valence-electron chi connectivity index (χ2n) is 6.12. The maximum atomic E-state index is 14.0. The summed E-state index contributed by atoms with van der Waals surface area (Å²) in [6.45, 7) is 1.43. The number of nitrogens with one attached hydrogen (secondary N) is 1. The Kier molecular flexibility index (Phi) is 7.99. The van der Waals surface area contributed by atoms with Gasteiger partial charge in [-0.25, -0.2) is 0 Å². The van der Waals surface area contributed by atoms with Crippen molar-refractivity contribution in [1.29, 1.82) is 0 Å². The molecule has 0 aliphatic rings. The first-order valence-electron chi connectivity index (χ1n) is 7.43. The van der Waals surface area contributed by atoms with Crippen LogP contribution < -0.4 is 5.32 Å². The Labute approximate surface area is 170 Å². The molecule has 0 rings (SSSR count). The number of hydrogen-bond acceptors (Lipinski definition) is 3. The molecule has 1 N–H and O–H groups in total. The summed E-state index contributed by atoms with van der Waals surface area (Å²) < 4.78 is 222. The summed E-state index contributed by atoms with van der Waals surface area (Å²) >= 11 is 0. The van der Waals surface area contributed by atoms with Gasteiger partial charge < -0.3 is 5.32 Å². The highest BCUT2D eigenvalue weighted by Gasteiger charge is 2.85. The quantitative estimate of drug-likeness (QED) is 0.423. The number of ether oxygens (including phenoxy) is 2. The van der Waals surface area contributed by atoms with E-state index in [0.29, 0.717) is 13.8 Å². The predicted octanol–water partition coefficient (Wildman–Crippen LogP) is 5.38. The third-order valence-electron chi connectivity index (χ3n) is 3.07. The van der Waals surface area contributed by atoms with Crippen LogP contribution in [0.4, 0.5) is 74.6 Å². The largest absolute Gasteiger partial charge is 0.462 e. The van der Waals surface area contributed by atoms with Crippen LogP contribution >= 0.6 is 0 Å². The van der Waals surface area contributed by atoms with E-state index in [4.69, 9.17) is 0 Å². The predicted molar refractivity (Wildman–Crippen MR) is 66.1 cm³/mol. The van der Waals surface area contributed by atoms with E-state index < -0.39 is 60.3 Å². The summed E-state index contributed by atoms with van der Waals surface area (Å²) in [5.74, 6) is -26.0. The summed E-state index contributed by atoms with van der Waals surface area (Å²) in [4.78, 5) is 11.2. The van der Waals surface area contributed by atoms with Gasteiger partial charge in [0.15, 0.2) is 0 Å². The first-order valence-corrected chi connectivity index (χ1v) is 7.43. The van der Waals surface area contributed by atoms with Gasteiger partial charge >= 0.3 is 48.4 Å². The molecule has 0 heterocycles. The Morgan fingerprint density at radius 2 is 1.00 bits per heavy atom. The zero-order valence-corrected chi connectivity index (χ0v) is 15.2. The van der Waals surface area contributed by atoms with Gasteiger partial charge in [0.1, 0.15) is 0 Å². The van der Waals surface area contributed by atoms with Crippen LogP contribution in [0, 0.1) is 0 Å². The smallest absolute Gasteiger partial charge is 0.349 e. The van der Waals surface area contributed by atoms with Crippen molar-refractivity contribution in [2.75, 3.05) is 0 Å². The molecular formula is C12H8F17NO3. The van der Waals surface area contributed by atoms with Gasteiger partial charge in [-0.15, -0.1) is 0 Å². The van der Waals surface area contributed by atoms with Crippen molar-refractivity contribution >= 4 is 5.91 Å². The molecule has 4 nitrogen and oxygen atoms in total. The second-order valence-corrected chi connectivity index (χ2v) is 6.12. The number of hydrogen-bond donors (Lipinski definition) is 1. The lowest BCUT2D eigenvalue weighted by atomic mass is 10.2. The van der Waals surface area contributed by atoms with Gasteiger partial charge in [-0.3, -0.25) is 14.3 Å². The maximum Gasteiger partial charge on any atom is 0.462 e. The van der Waals surface area contributed by atoms with E-state index in [1.54, 1.807) is 0 Å². The van der Waals surface area contributed by atoms with Gasteiger partial charge in [0.2, 0.25) is 0 Å². The normalized spacial score (nSPS) is 18.7. The van der Waals surface area contributed by atoms with Gasteiger partial charge in [-0.05, 0) is 13.8 Å². The highest BCUT2D eigenvalue weighted by atomic mass is 19.4. The van der Waals surface area contributed by atoms with Crippen molar-refractivity contribution in [3.63, 3.8) is 0 Å². The lowest BCUT2D eigenvalue weighted by Crippen LogP contribution is -2.69.